The normalized spacial score (nSPS) is 51.2. The molecule has 2 fully saturated rings. The number of hydrogen-bond donors (Lipinski definition) is 0. The molecule has 0 radical (unpaired) electrons. The average molecular weight is 200 g/mol. The predicted octanol–water partition coefficient (Wildman–Crippen LogP) is 2.46. The molecule has 2 heteroatoms. The number of nitrogens with zero attached hydrogens (tertiary/aromatic N) is 1. The Morgan fingerprint density at radius 2 is 2.30 bits per heavy atom. The van der Waals surface area contributed by atoms with Crippen LogP contribution >= 0.6 is 15.9 Å². The van der Waals surface area contributed by atoms with Crippen molar-refractivity contribution in [1.29, 1.82) is 5.26 Å². The molecule has 54 valence electrons. The van der Waals surface area contributed by atoms with Gasteiger partial charge in [-0.05, 0) is 37.5 Å². The zero-order valence-electron chi connectivity index (χ0n) is 5.81. The van der Waals surface area contributed by atoms with Crippen molar-refractivity contribution in [2.45, 2.75) is 30.0 Å². The van der Waals surface area contributed by atoms with Gasteiger partial charge >= 0.3 is 0 Å². The first-order valence-electron chi connectivity index (χ1n) is 3.85. The Balaban J connectivity index is 2.24. The highest BCUT2D eigenvalue weighted by atomic mass is 79.9. The lowest BCUT2D eigenvalue weighted by Gasteiger charge is -2.23. The number of rotatable bonds is 0. The quantitative estimate of drug-likeness (QED) is 0.551. The topological polar surface area (TPSA) is 23.8 Å². The van der Waals surface area contributed by atoms with Crippen LogP contribution in [-0.4, -0.2) is 4.32 Å². The number of halogens is 1. The molecule has 2 rings (SSSR count). The zero-order valence-corrected chi connectivity index (χ0v) is 7.39. The summed E-state index contributed by atoms with van der Waals surface area (Å²) < 4.78 is -0.129. The fourth-order valence-corrected chi connectivity index (χ4v) is 3.27. The molecule has 0 aromatic carbocycles. The first kappa shape index (κ1) is 6.67. The van der Waals surface area contributed by atoms with E-state index >= 15 is 0 Å². The van der Waals surface area contributed by atoms with Gasteiger partial charge in [-0.15, -0.1) is 0 Å². The van der Waals surface area contributed by atoms with Gasteiger partial charge in [0, 0.05) is 0 Å². The van der Waals surface area contributed by atoms with E-state index in [0.717, 1.165) is 12.3 Å². The second-order valence-corrected chi connectivity index (χ2v) is 4.97. The van der Waals surface area contributed by atoms with Crippen LogP contribution in [-0.2, 0) is 0 Å². The van der Waals surface area contributed by atoms with Crippen molar-refractivity contribution in [2.75, 3.05) is 0 Å². The number of nitriles is 1. The van der Waals surface area contributed by atoms with Gasteiger partial charge in [0.15, 0.2) is 0 Å². The van der Waals surface area contributed by atoms with Crippen LogP contribution in [0.5, 0.6) is 0 Å². The average Bonchev–Trinajstić information content (AvgIpc) is 2.46. The third-order valence-corrected chi connectivity index (χ3v) is 4.11. The van der Waals surface area contributed by atoms with Crippen LogP contribution in [0.15, 0.2) is 0 Å². The van der Waals surface area contributed by atoms with Crippen molar-refractivity contribution in [3.8, 4) is 6.07 Å². The van der Waals surface area contributed by atoms with Crippen molar-refractivity contribution in [1.82, 2.24) is 0 Å². The van der Waals surface area contributed by atoms with E-state index in [2.05, 4.69) is 22.0 Å². The number of alkyl halides is 1. The van der Waals surface area contributed by atoms with Crippen LogP contribution in [0.2, 0.25) is 0 Å². The number of fused-ring (bicyclic) bond motifs is 2. The van der Waals surface area contributed by atoms with Crippen molar-refractivity contribution in [2.24, 2.45) is 11.8 Å². The summed E-state index contributed by atoms with van der Waals surface area (Å²) in [4.78, 5) is 0. The van der Waals surface area contributed by atoms with E-state index < -0.39 is 0 Å². The molecule has 1 nitrogen and oxygen atoms in total. The molecule has 0 amide bonds. The summed E-state index contributed by atoms with van der Waals surface area (Å²) in [5, 5.41) is 8.85. The van der Waals surface area contributed by atoms with Crippen LogP contribution in [0.3, 0.4) is 0 Å². The summed E-state index contributed by atoms with van der Waals surface area (Å²) in [6.07, 6.45) is 5.01. The maximum absolute atomic E-state index is 8.85. The minimum atomic E-state index is -0.129. The maximum atomic E-state index is 8.85. The molecule has 2 aliphatic rings. The van der Waals surface area contributed by atoms with E-state index in [4.69, 9.17) is 5.26 Å². The van der Waals surface area contributed by atoms with Gasteiger partial charge in [-0.2, -0.15) is 5.26 Å². The molecule has 0 aliphatic heterocycles. The summed E-state index contributed by atoms with van der Waals surface area (Å²) in [5.74, 6) is 1.51. The van der Waals surface area contributed by atoms with E-state index in [9.17, 15) is 0 Å². The molecule has 0 heterocycles. The Morgan fingerprint density at radius 1 is 1.50 bits per heavy atom. The van der Waals surface area contributed by atoms with Gasteiger partial charge in [-0.1, -0.05) is 15.9 Å². The van der Waals surface area contributed by atoms with Gasteiger partial charge in [-0.25, -0.2) is 0 Å². The third kappa shape index (κ3) is 0.734. The molecule has 0 aromatic heterocycles. The van der Waals surface area contributed by atoms with E-state index in [1.54, 1.807) is 0 Å². The van der Waals surface area contributed by atoms with Gasteiger partial charge in [0.25, 0.3) is 0 Å². The predicted molar refractivity (Wildman–Crippen MR) is 42.7 cm³/mol. The van der Waals surface area contributed by atoms with Gasteiger partial charge in [0.05, 0.1) is 6.07 Å². The summed E-state index contributed by atoms with van der Waals surface area (Å²) >= 11 is 3.54. The van der Waals surface area contributed by atoms with Crippen LogP contribution in [0.25, 0.3) is 0 Å². The monoisotopic (exact) mass is 199 g/mol. The van der Waals surface area contributed by atoms with Gasteiger partial charge < -0.3 is 0 Å². The highest BCUT2D eigenvalue weighted by molar-refractivity contribution is 9.10. The smallest absolute Gasteiger partial charge is 0.115 e. The van der Waals surface area contributed by atoms with Crippen LogP contribution < -0.4 is 0 Å². The SMILES string of the molecule is N#CC1(Br)CC2CCC1C2. The lowest BCUT2D eigenvalue weighted by Crippen LogP contribution is -2.25. The number of hydrogen-bond acceptors (Lipinski definition) is 1. The van der Waals surface area contributed by atoms with Gasteiger partial charge in [0.2, 0.25) is 0 Å². The highest BCUT2D eigenvalue weighted by Gasteiger charge is 2.49. The maximum Gasteiger partial charge on any atom is 0.115 e. The van der Waals surface area contributed by atoms with Gasteiger partial charge in [0.1, 0.15) is 4.32 Å². The Kier molecular flexibility index (Phi) is 1.32. The summed E-state index contributed by atoms with van der Waals surface area (Å²) in [5.41, 5.74) is 0. The highest BCUT2D eigenvalue weighted by Crippen LogP contribution is 2.54. The molecule has 3 atom stereocenters. The fourth-order valence-electron chi connectivity index (χ4n) is 2.40. The molecular formula is C8H10BrN. The lowest BCUT2D eigenvalue weighted by molar-refractivity contribution is 0.443. The zero-order chi connectivity index (χ0) is 7.19. The minimum Gasteiger partial charge on any atom is -0.197 e. The van der Waals surface area contributed by atoms with E-state index in [-0.39, 0.29) is 4.32 Å². The second-order valence-electron chi connectivity index (χ2n) is 3.55. The Morgan fingerprint density at radius 3 is 2.60 bits per heavy atom. The Labute approximate surface area is 69.5 Å². The minimum absolute atomic E-state index is 0.129. The summed E-state index contributed by atoms with van der Waals surface area (Å²) in [6.45, 7) is 0. The molecule has 2 aliphatic carbocycles. The summed E-state index contributed by atoms with van der Waals surface area (Å²) in [7, 11) is 0. The lowest BCUT2D eigenvalue weighted by atomic mass is 9.90. The van der Waals surface area contributed by atoms with Crippen LogP contribution in [0.4, 0.5) is 0 Å². The van der Waals surface area contributed by atoms with E-state index in [0.29, 0.717) is 5.92 Å². The Bertz CT molecular complexity index is 196. The first-order chi connectivity index (χ1) is 4.74. The standard InChI is InChI=1S/C8H10BrN/c9-8(5-10)4-6-1-2-7(8)3-6/h6-7H,1-4H2. The first-order valence-corrected chi connectivity index (χ1v) is 4.64. The van der Waals surface area contributed by atoms with E-state index in [1.165, 1.54) is 19.3 Å². The molecule has 0 aromatic rings. The summed E-state index contributed by atoms with van der Waals surface area (Å²) in [6, 6.07) is 2.39. The van der Waals surface area contributed by atoms with Crippen LogP contribution in [0.1, 0.15) is 25.7 Å². The second kappa shape index (κ2) is 1.98. The fraction of sp³-hybridized carbons (Fsp3) is 0.875. The van der Waals surface area contributed by atoms with Crippen molar-refractivity contribution in [3.63, 3.8) is 0 Å². The van der Waals surface area contributed by atoms with Crippen molar-refractivity contribution >= 4 is 15.9 Å². The van der Waals surface area contributed by atoms with E-state index in [1.807, 2.05) is 0 Å². The largest absolute Gasteiger partial charge is 0.197 e. The third-order valence-electron chi connectivity index (χ3n) is 2.96. The van der Waals surface area contributed by atoms with Gasteiger partial charge in [-0.3, -0.25) is 0 Å². The van der Waals surface area contributed by atoms with Crippen molar-refractivity contribution in [3.05, 3.63) is 0 Å². The molecule has 0 spiro atoms. The van der Waals surface area contributed by atoms with Crippen LogP contribution in [0, 0.1) is 23.2 Å². The molecule has 2 saturated carbocycles. The Hall–Kier alpha value is -0.0300. The molecule has 3 unspecified atom stereocenters. The molecule has 2 bridgehead atoms. The molecular weight excluding hydrogens is 190 g/mol. The van der Waals surface area contributed by atoms with Crippen molar-refractivity contribution < 1.29 is 0 Å². The molecule has 0 saturated heterocycles. The molecule has 10 heavy (non-hydrogen) atoms. The molecule has 0 N–H and O–H groups in total.